The molecule has 2 heterocycles. The van der Waals surface area contributed by atoms with Crippen molar-refractivity contribution in [1.29, 1.82) is 5.26 Å². The maximum atomic E-state index is 9.42. The summed E-state index contributed by atoms with van der Waals surface area (Å²) in [6.45, 7) is 2.04. The largest absolute Gasteiger partial charge is 0.234 e. The van der Waals surface area contributed by atoms with E-state index in [1.165, 1.54) is 11.3 Å². The molecule has 102 valence electrons. The minimum absolute atomic E-state index is 0.608. The van der Waals surface area contributed by atoms with Crippen molar-refractivity contribution in [2.45, 2.75) is 6.92 Å². The van der Waals surface area contributed by atoms with E-state index in [1.54, 1.807) is 11.3 Å². The van der Waals surface area contributed by atoms with Crippen molar-refractivity contribution < 1.29 is 0 Å². The highest BCUT2D eigenvalue weighted by molar-refractivity contribution is 7.14. The Bertz CT molecular complexity index is 821. The molecule has 4 heteroatoms. The minimum Gasteiger partial charge on any atom is -0.234 e. The highest BCUT2D eigenvalue weighted by Crippen LogP contribution is 2.29. The average molecular weight is 308 g/mol. The van der Waals surface area contributed by atoms with Gasteiger partial charge < -0.3 is 0 Å². The van der Waals surface area contributed by atoms with Crippen LogP contribution in [-0.2, 0) is 0 Å². The van der Waals surface area contributed by atoms with Crippen LogP contribution >= 0.6 is 22.7 Å². The molecule has 3 aromatic rings. The molecule has 0 atom stereocenters. The van der Waals surface area contributed by atoms with Gasteiger partial charge in [-0.15, -0.1) is 22.7 Å². The third-order valence-corrected chi connectivity index (χ3v) is 4.88. The van der Waals surface area contributed by atoms with Gasteiger partial charge in [-0.2, -0.15) is 5.26 Å². The molecule has 0 spiro atoms. The van der Waals surface area contributed by atoms with Crippen LogP contribution in [0, 0.1) is 18.3 Å². The van der Waals surface area contributed by atoms with E-state index in [0.29, 0.717) is 5.57 Å². The van der Waals surface area contributed by atoms with Crippen molar-refractivity contribution in [2.75, 3.05) is 0 Å². The zero-order chi connectivity index (χ0) is 14.7. The summed E-state index contributed by atoms with van der Waals surface area (Å²) in [4.78, 5) is 5.72. The van der Waals surface area contributed by atoms with Gasteiger partial charge in [-0.3, -0.25) is 0 Å². The summed E-state index contributed by atoms with van der Waals surface area (Å²) in [6.07, 6.45) is 1.91. The summed E-state index contributed by atoms with van der Waals surface area (Å²) < 4.78 is 0. The lowest BCUT2D eigenvalue weighted by Crippen LogP contribution is -1.84. The van der Waals surface area contributed by atoms with Gasteiger partial charge in [-0.25, -0.2) is 4.98 Å². The fourth-order valence-electron chi connectivity index (χ4n) is 1.98. The van der Waals surface area contributed by atoms with Crippen LogP contribution in [0.2, 0.25) is 0 Å². The maximum absolute atomic E-state index is 9.42. The Morgan fingerprint density at radius 3 is 2.76 bits per heavy atom. The molecule has 0 N–H and O–H groups in total. The Kier molecular flexibility index (Phi) is 3.96. The Labute approximate surface area is 131 Å². The first-order valence-electron chi connectivity index (χ1n) is 6.45. The third-order valence-electron chi connectivity index (χ3n) is 3.12. The van der Waals surface area contributed by atoms with Gasteiger partial charge in [0.2, 0.25) is 0 Å². The molecule has 0 aliphatic heterocycles. The SMILES string of the molecule is Cc1ccccc1/C=C(/C#N)c1nc(-c2cccs2)cs1. The smallest absolute Gasteiger partial charge is 0.134 e. The molecule has 1 aromatic carbocycles. The first kappa shape index (κ1) is 13.7. The monoisotopic (exact) mass is 308 g/mol. The lowest BCUT2D eigenvalue weighted by molar-refractivity contribution is 1.38. The summed E-state index contributed by atoms with van der Waals surface area (Å²) in [5, 5.41) is 14.2. The highest BCUT2D eigenvalue weighted by atomic mass is 32.1. The van der Waals surface area contributed by atoms with Crippen molar-refractivity contribution in [3.05, 3.63) is 63.3 Å². The summed E-state index contributed by atoms with van der Waals surface area (Å²) in [6, 6.07) is 14.3. The molecular formula is C17H12N2S2. The van der Waals surface area contributed by atoms with Crippen LogP contribution in [0.3, 0.4) is 0 Å². The zero-order valence-electron chi connectivity index (χ0n) is 11.4. The fourth-order valence-corrected chi connectivity index (χ4v) is 3.53. The van der Waals surface area contributed by atoms with E-state index >= 15 is 0 Å². The van der Waals surface area contributed by atoms with E-state index in [9.17, 15) is 5.26 Å². The Hall–Kier alpha value is -2.22. The first-order valence-corrected chi connectivity index (χ1v) is 8.21. The second-order valence-corrected chi connectivity index (χ2v) is 6.35. The minimum atomic E-state index is 0.608. The van der Waals surface area contributed by atoms with Crippen LogP contribution in [0.15, 0.2) is 47.2 Å². The van der Waals surface area contributed by atoms with E-state index in [2.05, 4.69) is 11.1 Å². The highest BCUT2D eigenvalue weighted by Gasteiger charge is 2.10. The van der Waals surface area contributed by atoms with Gasteiger partial charge in [0.15, 0.2) is 0 Å². The Morgan fingerprint density at radius 2 is 2.05 bits per heavy atom. The predicted molar refractivity (Wildman–Crippen MR) is 90.1 cm³/mol. The molecule has 0 aliphatic carbocycles. The second kappa shape index (κ2) is 6.04. The van der Waals surface area contributed by atoms with Crippen molar-refractivity contribution in [3.8, 4) is 16.6 Å². The van der Waals surface area contributed by atoms with Crippen molar-refractivity contribution in [2.24, 2.45) is 0 Å². The normalized spacial score (nSPS) is 11.3. The second-order valence-electron chi connectivity index (χ2n) is 4.54. The van der Waals surface area contributed by atoms with Crippen LogP contribution in [-0.4, -0.2) is 4.98 Å². The van der Waals surface area contributed by atoms with Crippen molar-refractivity contribution in [1.82, 2.24) is 4.98 Å². The predicted octanol–water partition coefficient (Wildman–Crippen LogP) is 5.24. The lowest BCUT2D eigenvalue weighted by Gasteiger charge is -1.99. The standard InChI is InChI=1S/C17H12N2S2/c1-12-5-2-3-6-13(12)9-14(10-18)17-19-15(11-21-17)16-7-4-8-20-16/h2-9,11H,1H3/b14-9-. The number of nitriles is 1. The van der Waals surface area contributed by atoms with Crippen molar-refractivity contribution >= 4 is 34.3 Å². The van der Waals surface area contributed by atoms with Crippen LogP contribution in [0.25, 0.3) is 22.2 Å². The van der Waals surface area contributed by atoms with Crippen LogP contribution in [0.4, 0.5) is 0 Å². The van der Waals surface area contributed by atoms with Gasteiger partial charge in [0.25, 0.3) is 0 Å². The summed E-state index contributed by atoms with van der Waals surface area (Å²) in [7, 11) is 0. The number of aryl methyl sites for hydroxylation is 1. The van der Waals surface area contributed by atoms with E-state index in [4.69, 9.17) is 0 Å². The molecule has 0 bridgehead atoms. The first-order chi connectivity index (χ1) is 10.3. The number of nitrogens with zero attached hydrogens (tertiary/aromatic N) is 2. The van der Waals surface area contributed by atoms with E-state index in [-0.39, 0.29) is 0 Å². The quantitative estimate of drug-likeness (QED) is 0.620. The van der Waals surface area contributed by atoms with Crippen LogP contribution < -0.4 is 0 Å². The van der Waals surface area contributed by atoms with Gasteiger partial charge in [-0.05, 0) is 35.6 Å². The van der Waals surface area contributed by atoms with Gasteiger partial charge >= 0.3 is 0 Å². The van der Waals surface area contributed by atoms with Gasteiger partial charge in [0, 0.05) is 5.38 Å². The Balaban J connectivity index is 1.98. The molecule has 0 radical (unpaired) electrons. The molecule has 0 saturated heterocycles. The summed E-state index contributed by atoms with van der Waals surface area (Å²) in [5.74, 6) is 0. The lowest BCUT2D eigenvalue weighted by atomic mass is 10.1. The molecule has 0 fully saturated rings. The molecule has 0 unspecified atom stereocenters. The number of thiophene rings is 1. The molecule has 0 aliphatic rings. The number of hydrogen-bond acceptors (Lipinski definition) is 4. The molecule has 0 amide bonds. The maximum Gasteiger partial charge on any atom is 0.134 e. The number of hydrogen-bond donors (Lipinski definition) is 0. The van der Waals surface area contributed by atoms with Crippen LogP contribution in [0.1, 0.15) is 16.1 Å². The van der Waals surface area contributed by atoms with E-state index in [1.807, 2.05) is 60.2 Å². The summed E-state index contributed by atoms with van der Waals surface area (Å²) in [5.41, 5.74) is 3.76. The van der Waals surface area contributed by atoms with Gasteiger partial charge in [-0.1, -0.05) is 30.3 Å². The third kappa shape index (κ3) is 2.94. The number of thiazole rings is 1. The number of aromatic nitrogens is 1. The Morgan fingerprint density at radius 1 is 1.19 bits per heavy atom. The molecule has 21 heavy (non-hydrogen) atoms. The van der Waals surface area contributed by atoms with Gasteiger partial charge in [0.1, 0.15) is 11.1 Å². The summed E-state index contributed by atoms with van der Waals surface area (Å²) >= 11 is 3.17. The molecule has 2 nitrogen and oxygen atoms in total. The molecule has 0 saturated carbocycles. The van der Waals surface area contributed by atoms with E-state index < -0.39 is 0 Å². The van der Waals surface area contributed by atoms with Gasteiger partial charge in [0.05, 0.1) is 16.1 Å². The fraction of sp³-hybridized carbons (Fsp3) is 0.0588. The molecule has 2 aromatic heterocycles. The topological polar surface area (TPSA) is 36.7 Å². The average Bonchev–Trinajstić information content (AvgIpc) is 3.17. The zero-order valence-corrected chi connectivity index (χ0v) is 13.0. The number of rotatable bonds is 3. The number of allylic oxidation sites excluding steroid dienone is 1. The van der Waals surface area contributed by atoms with Crippen molar-refractivity contribution in [3.63, 3.8) is 0 Å². The molecular weight excluding hydrogens is 296 g/mol. The van der Waals surface area contributed by atoms with E-state index in [0.717, 1.165) is 26.7 Å². The molecule has 3 rings (SSSR count). The van der Waals surface area contributed by atoms with Crippen LogP contribution in [0.5, 0.6) is 0 Å². The number of benzene rings is 1.